The van der Waals surface area contributed by atoms with E-state index in [0.29, 0.717) is 24.9 Å². The van der Waals surface area contributed by atoms with Crippen LogP contribution in [0.15, 0.2) is 36.7 Å². The number of fused-ring (bicyclic) bond motifs is 1. The molecule has 1 aliphatic rings. The summed E-state index contributed by atoms with van der Waals surface area (Å²) in [5.74, 6) is -1.22. The minimum Gasteiger partial charge on any atom is -0.480 e. The molecule has 1 N–H and O–H groups in total. The molecule has 1 aromatic heterocycles. The maximum absolute atomic E-state index is 12.8. The second-order valence-electron chi connectivity index (χ2n) is 5.55. The van der Waals surface area contributed by atoms with Crippen LogP contribution in [0.5, 0.6) is 0 Å². The first-order valence-electron chi connectivity index (χ1n) is 6.92. The van der Waals surface area contributed by atoms with Crippen LogP contribution >= 0.6 is 0 Å². The summed E-state index contributed by atoms with van der Waals surface area (Å²) < 4.78 is 0. The standard InChI is InChI=1S/C16H16N2O3/c1-16(15(20)21)7-4-8-18(16)14(19)13-10-17-9-11-5-2-3-6-12(11)13/h2-3,5-6,9-10H,4,7-8H2,1H3,(H,20,21). The second kappa shape index (κ2) is 4.84. The number of rotatable bonds is 2. The molecule has 1 saturated heterocycles. The van der Waals surface area contributed by atoms with E-state index in [-0.39, 0.29) is 5.91 Å². The first-order valence-corrected chi connectivity index (χ1v) is 6.92. The number of pyridine rings is 1. The van der Waals surface area contributed by atoms with E-state index >= 15 is 0 Å². The Hall–Kier alpha value is -2.43. The van der Waals surface area contributed by atoms with Crippen molar-refractivity contribution in [3.63, 3.8) is 0 Å². The van der Waals surface area contributed by atoms with Gasteiger partial charge in [-0.1, -0.05) is 24.3 Å². The summed E-state index contributed by atoms with van der Waals surface area (Å²) in [7, 11) is 0. The number of likely N-dealkylation sites (tertiary alicyclic amines) is 1. The van der Waals surface area contributed by atoms with E-state index in [2.05, 4.69) is 4.98 Å². The van der Waals surface area contributed by atoms with Gasteiger partial charge in [-0.25, -0.2) is 4.79 Å². The lowest BCUT2D eigenvalue weighted by atomic mass is 9.98. The van der Waals surface area contributed by atoms with Gasteiger partial charge in [0.15, 0.2) is 0 Å². The number of carbonyl (C=O) groups is 2. The van der Waals surface area contributed by atoms with Crippen molar-refractivity contribution in [1.29, 1.82) is 0 Å². The normalized spacial score (nSPS) is 21.7. The van der Waals surface area contributed by atoms with Gasteiger partial charge in [-0.15, -0.1) is 0 Å². The molecule has 1 amide bonds. The maximum Gasteiger partial charge on any atom is 0.329 e. The van der Waals surface area contributed by atoms with Crippen molar-refractivity contribution in [1.82, 2.24) is 9.88 Å². The molecule has 3 rings (SSSR count). The average Bonchev–Trinajstić information content (AvgIpc) is 2.89. The van der Waals surface area contributed by atoms with Gasteiger partial charge < -0.3 is 10.0 Å². The quantitative estimate of drug-likeness (QED) is 0.918. The Labute approximate surface area is 122 Å². The van der Waals surface area contributed by atoms with Gasteiger partial charge in [-0.05, 0) is 25.2 Å². The zero-order valence-electron chi connectivity index (χ0n) is 11.7. The third kappa shape index (κ3) is 2.05. The molecule has 5 nitrogen and oxygen atoms in total. The summed E-state index contributed by atoms with van der Waals surface area (Å²) in [5.41, 5.74) is -0.670. The number of hydrogen-bond donors (Lipinski definition) is 1. The molecule has 0 spiro atoms. The Kier molecular flexibility index (Phi) is 3.12. The average molecular weight is 284 g/mol. The van der Waals surface area contributed by atoms with E-state index in [9.17, 15) is 14.7 Å². The molecule has 2 aromatic rings. The predicted molar refractivity (Wildman–Crippen MR) is 78.1 cm³/mol. The number of benzene rings is 1. The molecular weight excluding hydrogens is 268 g/mol. The summed E-state index contributed by atoms with van der Waals surface area (Å²) in [5, 5.41) is 11.1. The Bertz CT molecular complexity index is 723. The Morgan fingerprint density at radius 1 is 1.29 bits per heavy atom. The van der Waals surface area contributed by atoms with Gasteiger partial charge in [0.1, 0.15) is 5.54 Å². The van der Waals surface area contributed by atoms with Crippen molar-refractivity contribution in [2.45, 2.75) is 25.3 Å². The van der Waals surface area contributed by atoms with Gasteiger partial charge in [0.05, 0.1) is 5.56 Å². The van der Waals surface area contributed by atoms with Crippen molar-refractivity contribution < 1.29 is 14.7 Å². The van der Waals surface area contributed by atoms with Crippen molar-refractivity contribution in [3.05, 3.63) is 42.2 Å². The van der Waals surface area contributed by atoms with E-state index in [0.717, 1.165) is 10.8 Å². The highest BCUT2D eigenvalue weighted by atomic mass is 16.4. The van der Waals surface area contributed by atoms with Crippen molar-refractivity contribution >= 4 is 22.6 Å². The highest BCUT2D eigenvalue weighted by Gasteiger charge is 2.46. The lowest BCUT2D eigenvalue weighted by Crippen LogP contribution is -2.50. The van der Waals surface area contributed by atoms with Gasteiger partial charge in [0.2, 0.25) is 0 Å². The number of aliphatic carboxylic acids is 1. The van der Waals surface area contributed by atoms with Crippen LogP contribution in [0.25, 0.3) is 10.8 Å². The summed E-state index contributed by atoms with van der Waals surface area (Å²) in [6.07, 6.45) is 4.40. The number of hydrogen-bond acceptors (Lipinski definition) is 3. The number of carboxylic acid groups (broad SMARTS) is 1. The molecule has 1 atom stereocenters. The van der Waals surface area contributed by atoms with Crippen LogP contribution in [-0.2, 0) is 4.79 Å². The van der Waals surface area contributed by atoms with E-state index in [1.54, 1.807) is 13.1 Å². The van der Waals surface area contributed by atoms with Crippen molar-refractivity contribution in [2.24, 2.45) is 0 Å². The third-order valence-corrected chi connectivity index (χ3v) is 4.25. The molecule has 1 aromatic carbocycles. The monoisotopic (exact) mass is 284 g/mol. The van der Waals surface area contributed by atoms with Gasteiger partial charge in [-0.3, -0.25) is 9.78 Å². The Balaban J connectivity index is 2.07. The fourth-order valence-corrected chi connectivity index (χ4v) is 2.94. The van der Waals surface area contributed by atoms with E-state index < -0.39 is 11.5 Å². The van der Waals surface area contributed by atoms with Crippen LogP contribution in [0.3, 0.4) is 0 Å². The van der Waals surface area contributed by atoms with Crippen LogP contribution in [0.1, 0.15) is 30.1 Å². The molecule has 0 saturated carbocycles. The Morgan fingerprint density at radius 3 is 2.81 bits per heavy atom. The van der Waals surface area contributed by atoms with Crippen LogP contribution in [0.2, 0.25) is 0 Å². The highest BCUT2D eigenvalue weighted by Crippen LogP contribution is 2.32. The molecule has 0 radical (unpaired) electrons. The molecule has 5 heteroatoms. The summed E-state index contributed by atoms with van der Waals surface area (Å²) in [6.45, 7) is 2.07. The molecule has 0 aliphatic carbocycles. The molecule has 0 bridgehead atoms. The first-order chi connectivity index (χ1) is 10.0. The number of carbonyl (C=O) groups excluding carboxylic acids is 1. The van der Waals surface area contributed by atoms with Gasteiger partial charge >= 0.3 is 5.97 Å². The van der Waals surface area contributed by atoms with E-state index in [1.165, 1.54) is 11.1 Å². The lowest BCUT2D eigenvalue weighted by molar-refractivity contribution is -0.147. The molecule has 2 heterocycles. The minimum atomic E-state index is -1.13. The number of carboxylic acids is 1. The minimum absolute atomic E-state index is 0.262. The maximum atomic E-state index is 12.8. The zero-order valence-corrected chi connectivity index (χ0v) is 11.7. The fourth-order valence-electron chi connectivity index (χ4n) is 2.94. The molecule has 108 valence electrons. The van der Waals surface area contributed by atoms with Crippen molar-refractivity contribution in [3.8, 4) is 0 Å². The van der Waals surface area contributed by atoms with Gasteiger partial charge in [-0.2, -0.15) is 0 Å². The number of nitrogens with zero attached hydrogens (tertiary/aromatic N) is 2. The molecular formula is C16H16N2O3. The van der Waals surface area contributed by atoms with Crippen LogP contribution in [-0.4, -0.2) is 39.0 Å². The van der Waals surface area contributed by atoms with Crippen LogP contribution in [0, 0.1) is 0 Å². The molecule has 1 aliphatic heterocycles. The zero-order chi connectivity index (χ0) is 15.0. The number of aromatic nitrogens is 1. The highest BCUT2D eigenvalue weighted by molar-refractivity contribution is 6.08. The van der Waals surface area contributed by atoms with Crippen molar-refractivity contribution in [2.75, 3.05) is 6.54 Å². The smallest absolute Gasteiger partial charge is 0.329 e. The second-order valence-corrected chi connectivity index (χ2v) is 5.55. The van der Waals surface area contributed by atoms with E-state index in [1.807, 2.05) is 24.3 Å². The van der Waals surface area contributed by atoms with E-state index in [4.69, 9.17) is 0 Å². The van der Waals surface area contributed by atoms with Gasteiger partial charge in [0, 0.05) is 24.3 Å². The fraction of sp³-hybridized carbons (Fsp3) is 0.312. The largest absolute Gasteiger partial charge is 0.480 e. The SMILES string of the molecule is CC1(C(=O)O)CCCN1C(=O)c1cncc2ccccc12. The molecule has 21 heavy (non-hydrogen) atoms. The van der Waals surface area contributed by atoms with Gasteiger partial charge in [0.25, 0.3) is 5.91 Å². The first kappa shape index (κ1) is 13.5. The summed E-state index contributed by atoms with van der Waals surface area (Å²) >= 11 is 0. The Morgan fingerprint density at radius 2 is 2.05 bits per heavy atom. The van der Waals surface area contributed by atoms with Crippen LogP contribution < -0.4 is 0 Å². The van der Waals surface area contributed by atoms with Crippen LogP contribution in [0.4, 0.5) is 0 Å². The summed E-state index contributed by atoms with van der Waals surface area (Å²) in [4.78, 5) is 29.9. The lowest BCUT2D eigenvalue weighted by Gasteiger charge is -2.31. The number of amides is 1. The predicted octanol–water partition coefficient (Wildman–Crippen LogP) is 2.31. The topological polar surface area (TPSA) is 70.5 Å². The molecule has 1 unspecified atom stereocenters. The third-order valence-electron chi connectivity index (χ3n) is 4.25. The summed E-state index contributed by atoms with van der Waals surface area (Å²) in [6, 6.07) is 7.49. The molecule has 1 fully saturated rings.